The highest BCUT2D eigenvalue weighted by molar-refractivity contribution is 6.31. The van der Waals surface area contributed by atoms with E-state index in [4.69, 9.17) is 11.6 Å². The molecule has 4 nitrogen and oxygen atoms in total. The fourth-order valence-corrected chi connectivity index (χ4v) is 5.39. The van der Waals surface area contributed by atoms with Gasteiger partial charge >= 0.3 is 0 Å². The van der Waals surface area contributed by atoms with Crippen molar-refractivity contribution in [2.75, 3.05) is 0 Å². The van der Waals surface area contributed by atoms with Crippen LogP contribution in [0, 0.1) is 31.0 Å². The van der Waals surface area contributed by atoms with E-state index in [1.165, 1.54) is 27.8 Å². The third kappa shape index (κ3) is 4.19. The number of aromatic nitrogens is 3. The number of nitrogens with one attached hydrogen (secondary N) is 1. The summed E-state index contributed by atoms with van der Waals surface area (Å²) in [5.41, 5.74) is 6.24. The molecule has 0 fully saturated rings. The van der Waals surface area contributed by atoms with Crippen LogP contribution in [0.5, 0.6) is 0 Å². The lowest BCUT2D eigenvalue weighted by Crippen LogP contribution is -2.11. The zero-order valence-corrected chi connectivity index (χ0v) is 20.1. The highest BCUT2D eigenvalue weighted by Crippen LogP contribution is 2.41. The standard InChI is InChI=1S/C28H26ClFN4/c1-16-6-8-18(9-7-16)21-12-10-19(28-32-17(2)26(30)25(15-31)34-28)4-3-5-22-23-14-20(29)11-13-24(23)33-27(21)22/h6-9,11,13-14,19,21,33H,3-5,10,12H2,1-2H3/t19?,21-/m0/s1. The Morgan fingerprint density at radius 2 is 1.85 bits per heavy atom. The number of H-pyrrole nitrogens is 1. The molecule has 6 heteroatoms. The minimum atomic E-state index is -0.620. The van der Waals surface area contributed by atoms with Gasteiger partial charge in [0.05, 0.1) is 5.69 Å². The Bertz CT molecular complexity index is 1400. The van der Waals surface area contributed by atoms with Crippen LogP contribution in [0.4, 0.5) is 4.39 Å². The maximum absolute atomic E-state index is 14.2. The molecule has 1 aliphatic rings. The molecule has 0 saturated carbocycles. The lowest BCUT2D eigenvalue weighted by molar-refractivity contribution is 0.493. The smallest absolute Gasteiger partial charge is 0.180 e. The Morgan fingerprint density at radius 3 is 2.62 bits per heavy atom. The van der Waals surface area contributed by atoms with Crippen molar-refractivity contribution in [3.05, 3.63) is 92.9 Å². The van der Waals surface area contributed by atoms with Crippen LogP contribution in [0.15, 0.2) is 42.5 Å². The van der Waals surface area contributed by atoms with Gasteiger partial charge in [-0.2, -0.15) is 5.26 Å². The largest absolute Gasteiger partial charge is 0.358 e. The van der Waals surface area contributed by atoms with Gasteiger partial charge in [0.1, 0.15) is 11.9 Å². The molecule has 1 unspecified atom stereocenters. The van der Waals surface area contributed by atoms with Gasteiger partial charge in [0.2, 0.25) is 0 Å². The van der Waals surface area contributed by atoms with Gasteiger partial charge in [-0.25, -0.2) is 14.4 Å². The highest BCUT2D eigenvalue weighted by Gasteiger charge is 2.27. The van der Waals surface area contributed by atoms with E-state index in [-0.39, 0.29) is 23.2 Å². The molecular weight excluding hydrogens is 447 g/mol. The second-order valence-corrected chi connectivity index (χ2v) is 9.71. The second-order valence-electron chi connectivity index (χ2n) is 9.28. The Balaban J connectivity index is 1.58. The van der Waals surface area contributed by atoms with Gasteiger partial charge in [-0.1, -0.05) is 41.4 Å². The van der Waals surface area contributed by atoms with Crippen LogP contribution in [-0.2, 0) is 6.42 Å². The minimum absolute atomic E-state index is 0.0678. The number of benzene rings is 2. The Hall–Kier alpha value is -3.23. The topological polar surface area (TPSA) is 65.4 Å². The molecule has 1 N–H and O–H groups in total. The van der Waals surface area contributed by atoms with Crippen molar-refractivity contribution in [2.45, 2.75) is 57.8 Å². The molecule has 0 amide bonds. The molecule has 172 valence electrons. The summed E-state index contributed by atoms with van der Waals surface area (Å²) in [5, 5.41) is 11.3. The summed E-state index contributed by atoms with van der Waals surface area (Å²) in [6.07, 6.45) is 4.47. The van der Waals surface area contributed by atoms with E-state index >= 15 is 0 Å². The fourth-order valence-electron chi connectivity index (χ4n) is 5.22. The van der Waals surface area contributed by atoms with Crippen LogP contribution >= 0.6 is 11.6 Å². The monoisotopic (exact) mass is 472 g/mol. The predicted octanol–water partition coefficient (Wildman–Crippen LogP) is 7.27. The first-order chi connectivity index (χ1) is 16.4. The Kier molecular flexibility index (Phi) is 6.10. The SMILES string of the molecule is Cc1ccc([C@@H]2CCC(c3nc(C)c(F)c(C#N)n3)CCCc3c2[nH]c2ccc(Cl)cc32)cc1. The number of nitriles is 1. The molecule has 1 aliphatic carbocycles. The third-order valence-electron chi connectivity index (χ3n) is 7.02. The fraction of sp³-hybridized carbons (Fsp3) is 0.321. The van der Waals surface area contributed by atoms with E-state index in [1.807, 2.05) is 12.1 Å². The molecular formula is C28H26ClFN4. The summed E-state index contributed by atoms with van der Waals surface area (Å²) in [4.78, 5) is 12.5. The van der Waals surface area contributed by atoms with Crippen molar-refractivity contribution in [2.24, 2.45) is 0 Å². The van der Waals surface area contributed by atoms with Gasteiger partial charge < -0.3 is 4.98 Å². The second kappa shape index (κ2) is 9.19. The molecule has 0 aliphatic heterocycles. The molecule has 34 heavy (non-hydrogen) atoms. The number of fused-ring (bicyclic) bond motifs is 3. The zero-order valence-electron chi connectivity index (χ0n) is 19.3. The third-order valence-corrected chi connectivity index (χ3v) is 7.25. The number of nitrogens with zero attached hydrogens (tertiary/aromatic N) is 3. The van der Waals surface area contributed by atoms with E-state index < -0.39 is 5.82 Å². The lowest BCUT2D eigenvalue weighted by atomic mass is 9.86. The quantitative estimate of drug-likeness (QED) is 0.333. The molecule has 2 heterocycles. The Morgan fingerprint density at radius 1 is 1.06 bits per heavy atom. The number of rotatable bonds is 2. The Labute approximate surface area is 203 Å². The summed E-state index contributed by atoms with van der Waals surface area (Å²) in [6.45, 7) is 3.70. The maximum Gasteiger partial charge on any atom is 0.180 e. The van der Waals surface area contributed by atoms with Gasteiger partial charge in [-0.15, -0.1) is 0 Å². The number of aryl methyl sites for hydroxylation is 3. The van der Waals surface area contributed by atoms with Crippen molar-refractivity contribution in [3.63, 3.8) is 0 Å². The molecule has 0 bridgehead atoms. The summed E-state index contributed by atoms with van der Waals surface area (Å²) < 4.78 is 14.2. The van der Waals surface area contributed by atoms with Crippen molar-refractivity contribution < 1.29 is 4.39 Å². The number of halogens is 2. The van der Waals surface area contributed by atoms with E-state index in [9.17, 15) is 9.65 Å². The number of hydrogen-bond donors (Lipinski definition) is 1. The van der Waals surface area contributed by atoms with Crippen LogP contribution in [0.2, 0.25) is 5.02 Å². The van der Waals surface area contributed by atoms with E-state index in [1.54, 1.807) is 6.92 Å². The van der Waals surface area contributed by atoms with Crippen molar-refractivity contribution in [1.82, 2.24) is 15.0 Å². The average Bonchev–Trinajstić information content (AvgIpc) is 3.21. The molecule has 2 atom stereocenters. The van der Waals surface area contributed by atoms with Crippen molar-refractivity contribution in [3.8, 4) is 6.07 Å². The van der Waals surface area contributed by atoms with Gasteiger partial charge in [0, 0.05) is 33.5 Å². The normalized spacial score (nSPS) is 18.6. The summed E-state index contributed by atoms with van der Waals surface area (Å²) >= 11 is 6.37. The van der Waals surface area contributed by atoms with Crippen LogP contribution in [0.3, 0.4) is 0 Å². The van der Waals surface area contributed by atoms with E-state index in [2.05, 4.69) is 58.3 Å². The van der Waals surface area contributed by atoms with Crippen LogP contribution in [0.25, 0.3) is 10.9 Å². The molecule has 4 aromatic rings. The predicted molar refractivity (Wildman–Crippen MR) is 133 cm³/mol. The minimum Gasteiger partial charge on any atom is -0.358 e. The first-order valence-corrected chi connectivity index (χ1v) is 12.1. The summed E-state index contributed by atoms with van der Waals surface area (Å²) in [7, 11) is 0. The van der Waals surface area contributed by atoms with Crippen LogP contribution < -0.4 is 0 Å². The molecule has 0 radical (unpaired) electrons. The summed E-state index contributed by atoms with van der Waals surface area (Å²) in [5.74, 6) is 0.208. The van der Waals surface area contributed by atoms with Gasteiger partial charge in [0.15, 0.2) is 11.5 Å². The average molecular weight is 473 g/mol. The van der Waals surface area contributed by atoms with Crippen molar-refractivity contribution in [1.29, 1.82) is 5.26 Å². The first-order valence-electron chi connectivity index (χ1n) is 11.7. The lowest BCUT2D eigenvalue weighted by Gasteiger charge is -2.20. The molecule has 5 rings (SSSR count). The van der Waals surface area contributed by atoms with Gasteiger partial charge in [-0.05, 0) is 75.3 Å². The molecule has 2 aromatic heterocycles. The van der Waals surface area contributed by atoms with Crippen LogP contribution in [-0.4, -0.2) is 15.0 Å². The first kappa shape index (κ1) is 22.6. The van der Waals surface area contributed by atoms with Crippen molar-refractivity contribution >= 4 is 22.5 Å². The zero-order chi connectivity index (χ0) is 23.8. The number of hydrogen-bond acceptors (Lipinski definition) is 3. The summed E-state index contributed by atoms with van der Waals surface area (Å²) in [6, 6.07) is 16.7. The molecule has 2 aromatic carbocycles. The van der Waals surface area contributed by atoms with E-state index in [0.717, 1.165) is 42.6 Å². The highest BCUT2D eigenvalue weighted by atomic mass is 35.5. The maximum atomic E-state index is 14.2. The molecule has 0 saturated heterocycles. The van der Waals surface area contributed by atoms with Gasteiger partial charge in [0.25, 0.3) is 0 Å². The van der Waals surface area contributed by atoms with E-state index in [0.29, 0.717) is 5.82 Å². The van der Waals surface area contributed by atoms with Crippen LogP contribution in [0.1, 0.15) is 77.1 Å². The molecule has 0 spiro atoms. The number of aromatic amines is 1. The van der Waals surface area contributed by atoms with Gasteiger partial charge in [-0.3, -0.25) is 0 Å².